The molecule has 1 aromatic carbocycles. The molecule has 0 bridgehead atoms. The van der Waals surface area contributed by atoms with Crippen LogP contribution in [-0.2, 0) is 4.74 Å². The first-order valence-electron chi connectivity index (χ1n) is 6.94. The van der Waals surface area contributed by atoms with Gasteiger partial charge < -0.3 is 10.1 Å². The van der Waals surface area contributed by atoms with E-state index in [9.17, 15) is 18.0 Å². The Kier molecular flexibility index (Phi) is 4.75. The lowest BCUT2D eigenvalue weighted by atomic mass is 9.83. The van der Waals surface area contributed by atoms with Gasteiger partial charge in [0.1, 0.15) is 0 Å². The molecule has 0 spiro atoms. The van der Waals surface area contributed by atoms with Crippen LogP contribution in [0.25, 0.3) is 0 Å². The number of hydrogen-bond donors (Lipinski definition) is 1. The molecule has 2 rings (SSSR count). The van der Waals surface area contributed by atoms with Gasteiger partial charge in [-0.15, -0.1) is 0 Å². The molecule has 2 atom stereocenters. The van der Waals surface area contributed by atoms with Crippen molar-refractivity contribution in [2.24, 2.45) is 5.92 Å². The predicted octanol–water partition coefficient (Wildman–Crippen LogP) is 4.01. The third kappa shape index (κ3) is 3.68. The average molecular weight is 301 g/mol. The minimum absolute atomic E-state index is 0.127. The quantitative estimate of drug-likeness (QED) is 0.857. The molecule has 1 aliphatic carbocycles. The molecular formula is C15H18F3NO2. The Bertz CT molecular complexity index is 502. The van der Waals surface area contributed by atoms with E-state index < -0.39 is 24.1 Å². The maximum atomic E-state index is 13.1. The fourth-order valence-corrected chi connectivity index (χ4v) is 2.79. The predicted molar refractivity (Wildman–Crippen MR) is 73.2 cm³/mol. The number of methoxy groups -OCH3 is 1. The summed E-state index contributed by atoms with van der Waals surface area (Å²) < 4.78 is 43.9. The Morgan fingerprint density at radius 2 is 1.90 bits per heavy atom. The standard InChI is InChI=1S/C15H18F3NO2/c1-21-14(20)10-6-2-4-8-12(10)19-13-9-5-3-7-11(13)15(16,17)18/h2,4,6,8,11,13,19H,3,5,7,9H2,1H3. The molecule has 116 valence electrons. The molecule has 1 aliphatic rings. The fourth-order valence-electron chi connectivity index (χ4n) is 2.79. The van der Waals surface area contributed by atoms with Crippen molar-refractivity contribution in [3.63, 3.8) is 0 Å². The van der Waals surface area contributed by atoms with E-state index in [0.29, 0.717) is 18.5 Å². The number of esters is 1. The van der Waals surface area contributed by atoms with Crippen molar-refractivity contribution in [1.29, 1.82) is 0 Å². The zero-order valence-corrected chi connectivity index (χ0v) is 11.7. The van der Waals surface area contributed by atoms with E-state index in [-0.39, 0.29) is 12.0 Å². The number of rotatable bonds is 3. The first-order chi connectivity index (χ1) is 9.93. The van der Waals surface area contributed by atoms with E-state index in [4.69, 9.17) is 0 Å². The lowest BCUT2D eigenvalue weighted by molar-refractivity contribution is -0.184. The number of para-hydroxylation sites is 1. The van der Waals surface area contributed by atoms with E-state index in [0.717, 1.165) is 6.42 Å². The van der Waals surface area contributed by atoms with Crippen LogP contribution in [0.5, 0.6) is 0 Å². The molecular weight excluding hydrogens is 283 g/mol. The minimum atomic E-state index is -4.22. The molecule has 1 saturated carbocycles. The number of nitrogens with one attached hydrogen (secondary N) is 1. The van der Waals surface area contributed by atoms with E-state index in [1.807, 2.05) is 0 Å². The molecule has 21 heavy (non-hydrogen) atoms. The second-order valence-corrected chi connectivity index (χ2v) is 5.22. The monoisotopic (exact) mass is 301 g/mol. The highest BCUT2D eigenvalue weighted by Crippen LogP contribution is 2.39. The Morgan fingerprint density at radius 3 is 2.57 bits per heavy atom. The molecule has 0 radical (unpaired) electrons. The van der Waals surface area contributed by atoms with Crippen molar-refractivity contribution in [3.8, 4) is 0 Å². The van der Waals surface area contributed by atoms with Crippen molar-refractivity contribution in [3.05, 3.63) is 29.8 Å². The largest absolute Gasteiger partial charge is 0.465 e. The zero-order valence-electron chi connectivity index (χ0n) is 11.7. The lowest BCUT2D eigenvalue weighted by Crippen LogP contribution is -2.41. The number of anilines is 1. The first kappa shape index (κ1) is 15.7. The number of carbonyl (C=O) groups is 1. The van der Waals surface area contributed by atoms with Gasteiger partial charge in [0.05, 0.1) is 18.6 Å². The van der Waals surface area contributed by atoms with Crippen LogP contribution in [0.1, 0.15) is 36.0 Å². The summed E-state index contributed by atoms with van der Waals surface area (Å²) in [6, 6.07) is 5.78. The van der Waals surface area contributed by atoms with Crippen LogP contribution >= 0.6 is 0 Å². The lowest BCUT2D eigenvalue weighted by Gasteiger charge is -2.34. The van der Waals surface area contributed by atoms with Gasteiger partial charge in [-0.3, -0.25) is 0 Å². The highest BCUT2D eigenvalue weighted by Gasteiger charge is 2.45. The van der Waals surface area contributed by atoms with Gasteiger partial charge in [-0.05, 0) is 25.0 Å². The number of hydrogen-bond acceptors (Lipinski definition) is 3. The van der Waals surface area contributed by atoms with E-state index >= 15 is 0 Å². The maximum absolute atomic E-state index is 13.1. The molecule has 3 nitrogen and oxygen atoms in total. The summed E-state index contributed by atoms with van der Waals surface area (Å²) in [5.41, 5.74) is 0.650. The van der Waals surface area contributed by atoms with E-state index in [1.165, 1.54) is 7.11 Å². The summed E-state index contributed by atoms with van der Waals surface area (Å²) >= 11 is 0. The van der Waals surface area contributed by atoms with Crippen LogP contribution in [0.3, 0.4) is 0 Å². The molecule has 2 unspecified atom stereocenters. The van der Waals surface area contributed by atoms with Crippen LogP contribution in [-0.4, -0.2) is 25.3 Å². The normalized spacial score (nSPS) is 22.7. The molecule has 0 aliphatic heterocycles. The Hall–Kier alpha value is -1.72. The molecule has 0 saturated heterocycles. The molecule has 1 N–H and O–H groups in total. The summed E-state index contributed by atoms with van der Waals surface area (Å²) in [5, 5.41) is 2.90. The average Bonchev–Trinajstić information content (AvgIpc) is 2.46. The number of ether oxygens (including phenoxy) is 1. The zero-order chi connectivity index (χ0) is 15.5. The molecule has 0 heterocycles. The van der Waals surface area contributed by atoms with Crippen molar-refractivity contribution < 1.29 is 22.7 Å². The molecule has 0 amide bonds. The second kappa shape index (κ2) is 6.37. The maximum Gasteiger partial charge on any atom is 0.393 e. The Balaban J connectivity index is 2.22. The summed E-state index contributed by atoms with van der Waals surface area (Å²) in [7, 11) is 1.25. The van der Waals surface area contributed by atoms with Crippen LogP contribution in [0.4, 0.5) is 18.9 Å². The second-order valence-electron chi connectivity index (χ2n) is 5.22. The van der Waals surface area contributed by atoms with Gasteiger partial charge in [-0.25, -0.2) is 4.79 Å². The highest BCUT2D eigenvalue weighted by atomic mass is 19.4. The highest BCUT2D eigenvalue weighted by molar-refractivity contribution is 5.95. The van der Waals surface area contributed by atoms with Gasteiger partial charge >= 0.3 is 12.1 Å². The van der Waals surface area contributed by atoms with Crippen molar-refractivity contribution in [1.82, 2.24) is 0 Å². The Labute approximate surface area is 121 Å². The fraction of sp³-hybridized carbons (Fsp3) is 0.533. The smallest absolute Gasteiger partial charge is 0.393 e. The minimum Gasteiger partial charge on any atom is -0.465 e. The molecule has 1 fully saturated rings. The van der Waals surface area contributed by atoms with Crippen LogP contribution in [0.15, 0.2) is 24.3 Å². The summed E-state index contributed by atoms with van der Waals surface area (Å²) in [6.45, 7) is 0. The molecule has 6 heteroatoms. The van der Waals surface area contributed by atoms with E-state index in [2.05, 4.69) is 10.1 Å². The number of carbonyl (C=O) groups excluding carboxylic acids is 1. The number of alkyl halides is 3. The van der Waals surface area contributed by atoms with Crippen molar-refractivity contribution in [2.75, 3.05) is 12.4 Å². The van der Waals surface area contributed by atoms with Gasteiger partial charge in [0.2, 0.25) is 0 Å². The van der Waals surface area contributed by atoms with Gasteiger partial charge in [-0.1, -0.05) is 25.0 Å². The SMILES string of the molecule is COC(=O)c1ccccc1NC1CCCCC1C(F)(F)F. The summed E-state index contributed by atoms with van der Waals surface area (Å²) in [5.74, 6) is -1.94. The molecule has 1 aromatic rings. The van der Waals surface area contributed by atoms with Crippen molar-refractivity contribution in [2.45, 2.75) is 37.9 Å². The topological polar surface area (TPSA) is 38.3 Å². The third-order valence-electron chi connectivity index (χ3n) is 3.86. The van der Waals surface area contributed by atoms with Crippen LogP contribution in [0.2, 0.25) is 0 Å². The third-order valence-corrected chi connectivity index (χ3v) is 3.86. The molecule has 0 aromatic heterocycles. The Morgan fingerprint density at radius 1 is 1.24 bits per heavy atom. The number of halogens is 3. The van der Waals surface area contributed by atoms with Gasteiger partial charge in [0, 0.05) is 11.7 Å². The summed E-state index contributed by atoms with van der Waals surface area (Å²) in [4.78, 5) is 11.7. The first-order valence-corrected chi connectivity index (χ1v) is 6.94. The van der Waals surface area contributed by atoms with E-state index in [1.54, 1.807) is 24.3 Å². The number of benzene rings is 1. The summed E-state index contributed by atoms with van der Waals surface area (Å²) in [6.07, 6.45) is -2.31. The van der Waals surface area contributed by atoms with Crippen molar-refractivity contribution >= 4 is 11.7 Å². The van der Waals surface area contributed by atoms with Crippen LogP contribution in [0, 0.1) is 5.92 Å². The van der Waals surface area contributed by atoms with Gasteiger partial charge in [-0.2, -0.15) is 13.2 Å². The van der Waals surface area contributed by atoms with Crippen LogP contribution < -0.4 is 5.32 Å². The van der Waals surface area contributed by atoms with Gasteiger partial charge in [0.15, 0.2) is 0 Å². The van der Waals surface area contributed by atoms with Gasteiger partial charge in [0.25, 0.3) is 0 Å².